The van der Waals surface area contributed by atoms with Gasteiger partial charge in [0.1, 0.15) is 0 Å². The molecule has 3 heterocycles. The van der Waals surface area contributed by atoms with Crippen molar-refractivity contribution in [3.63, 3.8) is 0 Å². The van der Waals surface area contributed by atoms with Crippen LogP contribution in [-0.4, -0.2) is 29.7 Å². The summed E-state index contributed by atoms with van der Waals surface area (Å²) >= 11 is 1.42. The fourth-order valence-electron chi connectivity index (χ4n) is 2.71. The number of thiazole rings is 1. The van der Waals surface area contributed by atoms with E-state index in [2.05, 4.69) is 15.2 Å². The van der Waals surface area contributed by atoms with Crippen LogP contribution in [0.4, 0.5) is 0 Å². The molecule has 0 aliphatic heterocycles. The maximum Gasteiger partial charge on any atom is 0.226 e. The smallest absolute Gasteiger partial charge is 0.226 e. The van der Waals surface area contributed by atoms with Gasteiger partial charge >= 0.3 is 0 Å². The molecule has 3 aromatic heterocycles. The molecule has 0 saturated heterocycles. The van der Waals surface area contributed by atoms with Gasteiger partial charge in [-0.15, -0.1) is 11.3 Å². The minimum atomic E-state index is 0.0690. The van der Waals surface area contributed by atoms with E-state index < -0.39 is 0 Å². The van der Waals surface area contributed by atoms with Gasteiger partial charge in [-0.05, 0) is 32.0 Å². The molecule has 7 heteroatoms. The Morgan fingerprint density at radius 2 is 1.83 bits per heavy atom. The third-order valence-electron chi connectivity index (χ3n) is 3.72. The van der Waals surface area contributed by atoms with Gasteiger partial charge in [0.15, 0.2) is 0 Å². The van der Waals surface area contributed by atoms with Crippen molar-refractivity contribution >= 4 is 11.3 Å². The van der Waals surface area contributed by atoms with Gasteiger partial charge in [-0.3, -0.25) is 0 Å². The Morgan fingerprint density at radius 1 is 1.04 bits per heavy atom. The Morgan fingerprint density at radius 3 is 2.54 bits per heavy atom. The summed E-state index contributed by atoms with van der Waals surface area (Å²) in [4.78, 5) is 4.22. The Labute approximate surface area is 142 Å². The summed E-state index contributed by atoms with van der Waals surface area (Å²) in [5, 5.41) is 22.2. The van der Waals surface area contributed by atoms with E-state index in [9.17, 15) is 5.11 Å². The highest BCUT2D eigenvalue weighted by Gasteiger charge is 2.22. The molecule has 1 aromatic carbocycles. The van der Waals surface area contributed by atoms with Crippen molar-refractivity contribution in [1.82, 2.24) is 24.5 Å². The summed E-state index contributed by atoms with van der Waals surface area (Å²) in [5.41, 5.74) is 3.99. The Kier molecular flexibility index (Phi) is 3.42. The number of hydrogen-bond donors (Lipinski definition) is 1. The minimum Gasteiger partial charge on any atom is -0.493 e. The van der Waals surface area contributed by atoms with Crippen molar-refractivity contribution in [1.29, 1.82) is 0 Å². The molecule has 0 unspecified atom stereocenters. The van der Waals surface area contributed by atoms with Crippen LogP contribution in [0.3, 0.4) is 0 Å². The van der Waals surface area contributed by atoms with Crippen molar-refractivity contribution in [3.8, 4) is 28.0 Å². The largest absolute Gasteiger partial charge is 0.493 e. The molecule has 0 atom stereocenters. The molecule has 24 heavy (non-hydrogen) atoms. The quantitative estimate of drug-likeness (QED) is 0.621. The zero-order valence-electron chi connectivity index (χ0n) is 13.2. The predicted octanol–water partition coefficient (Wildman–Crippen LogP) is 3.50. The third kappa shape index (κ3) is 2.30. The first-order chi connectivity index (χ1) is 11.6. The Balaban J connectivity index is 1.92. The van der Waals surface area contributed by atoms with E-state index in [1.165, 1.54) is 16.0 Å². The lowest BCUT2D eigenvalue weighted by Crippen LogP contribution is -1.99. The standard InChI is InChI=1S/C17H15N5OS/c1-11-10-14(21(19-11)13-6-4-3-5-7-13)15-12(2)20-22(16(15)23)17-18-8-9-24-17/h3-10,23H,1-2H3. The third-order valence-corrected chi connectivity index (χ3v) is 4.47. The van der Waals surface area contributed by atoms with Crippen LogP contribution in [0, 0.1) is 13.8 Å². The van der Waals surface area contributed by atoms with E-state index in [-0.39, 0.29) is 5.88 Å². The minimum absolute atomic E-state index is 0.0690. The second kappa shape index (κ2) is 5.61. The lowest BCUT2D eigenvalue weighted by Gasteiger charge is -2.07. The number of aromatic hydroxyl groups is 1. The number of rotatable bonds is 3. The molecule has 0 radical (unpaired) electrons. The van der Waals surface area contributed by atoms with Crippen LogP contribution in [0.1, 0.15) is 11.4 Å². The van der Waals surface area contributed by atoms with Gasteiger partial charge in [0.05, 0.1) is 28.3 Å². The highest BCUT2D eigenvalue weighted by atomic mass is 32.1. The van der Waals surface area contributed by atoms with Gasteiger partial charge in [0, 0.05) is 11.6 Å². The van der Waals surface area contributed by atoms with Crippen molar-refractivity contribution in [3.05, 3.63) is 59.4 Å². The average Bonchev–Trinajstić information content (AvgIpc) is 3.28. The number of hydrogen-bond acceptors (Lipinski definition) is 5. The van der Waals surface area contributed by atoms with Gasteiger partial charge in [0.2, 0.25) is 11.0 Å². The second-order valence-electron chi connectivity index (χ2n) is 5.43. The van der Waals surface area contributed by atoms with Crippen molar-refractivity contribution in [2.45, 2.75) is 13.8 Å². The molecule has 0 aliphatic carbocycles. The van der Waals surface area contributed by atoms with Crippen molar-refractivity contribution in [2.24, 2.45) is 0 Å². The zero-order valence-corrected chi connectivity index (χ0v) is 14.0. The number of aromatic nitrogens is 5. The van der Waals surface area contributed by atoms with Gasteiger partial charge in [-0.2, -0.15) is 14.9 Å². The molecule has 0 bridgehead atoms. The summed E-state index contributed by atoms with van der Waals surface area (Å²) in [5.74, 6) is 0.0690. The number of nitrogens with zero attached hydrogens (tertiary/aromatic N) is 5. The van der Waals surface area contributed by atoms with Crippen LogP contribution in [0.25, 0.3) is 22.1 Å². The lowest BCUT2D eigenvalue weighted by molar-refractivity contribution is 0.434. The van der Waals surface area contributed by atoms with E-state index in [1.807, 2.05) is 60.3 Å². The highest BCUT2D eigenvalue weighted by Crippen LogP contribution is 2.36. The van der Waals surface area contributed by atoms with Crippen LogP contribution in [0.15, 0.2) is 48.0 Å². The molecule has 4 rings (SSSR count). The molecule has 0 aliphatic rings. The van der Waals surface area contributed by atoms with Gasteiger partial charge in [-0.1, -0.05) is 18.2 Å². The van der Waals surface area contributed by atoms with E-state index in [0.29, 0.717) is 10.7 Å². The molecule has 120 valence electrons. The molecule has 4 aromatic rings. The van der Waals surface area contributed by atoms with Crippen molar-refractivity contribution in [2.75, 3.05) is 0 Å². The van der Waals surface area contributed by atoms with Gasteiger partial charge in [0.25, 0.3) is 0 Å². The van der Waals surface area contributed by atoms with Gasteiger partial charge < -0.3 is 5.11 Å². The molecule has 0 saturated carbocycles. The summed E-state index contributed by atoms with van der Waals surface area (Å²) in [6.07, 6.45) is 1.69. The molecule has 0 spiro atoms. The molecule has 6 nitrogen and oxygen atoms in total. The van der Waals surface area contributed by atoms with Crippen LogP contribution in [0.5, 0.6) is 5.88 Å². The van der Waals surface area contributed by atoms with E-state index in [4.69, 9.17) is 0 Å². The molecular formula is C17H15N5OS. The topological polar surface area (TPSA) is 68.8 Å². The molecular weight excluding hydrogens is 322 g/mol. The van der Waals surface area contributed by atoms with Crippen LogP contribution in [-0.2, 0) is 0 Å². The average molecular weight is 337 g/mol. The SMILES string of the molecule is Cc1cc(-c2c(C)nn(-c3nccs3)c2O)n(-c2ccccc2)n1. The van der Waals surface area contributed by atoms with Crippen LogP contribution >= 0.6 is 11.3 Å². The first kappa shape index (κ1) is 14.6. The highest BCUT2D eigenvalue weighted by molar-refractivity contribution is 7.12. The van der Waals surface area contributed by atoms with Crippen LogP contribution in [0.2, 0.25) is 0 Å². The fourth-order valence-corrected chi connectivity index (χ4v) is 3.30. The summed E-state index contributed by atoms with van der Waals surface area (Å²) < 4.78 is 3.29. The van der Waals surface area contributed by atoms with Crippen molar-refractivity contribution < 1.29 is 5.11 Å². The Bertz CT molecular complexity index is 986. The molecule has 0 fully saturated rings. The maximum absolute atomic E-state index is 10.7. The predicted molar refractivity (Wildman–Crippen MR) is 92.9 cm³/mol. The number of benzene rings is 1. The summed E-state index contributed by atoms with van der Waals surface area (Å²) in [7, 11) is 0. The Hall–Kier alpha value is -2.93. The van der Waals surface area contributed by atoms with Gasteiger partial charge in [-0.25, -0.2) is 9.67 Å². The fraction of sp³-hybridized carbons (Fsp3) is 0.118. The van der Waals surface area contributed by atoms with Crippen LogP contribution < -0.4 is 0 Å². The maximum atomic E-state index is 10.7. The normalized spacial score (nSPS) is 11.1. The first-order valence-electron chi connectivity index (χ1n) is 7.46. The molecule has 0 amide bonds. The monoisotopic (exact) mass is 337 g/mol. The second-order valence-corrected chi connectivity index (χ2v) is 6.30. The van der Waals surface area contributed by atoms with E-state index in [0.717, 1.165) is 22.8 Å². The lowest BCUT2D eigenvalue weighted by atomic mass is 10.1. The number of aryl methyl sites for hydroxylation is 2. The van der Waals surface area contributed by atoms with E-state index >= 15 is 0 Å². The number of para-hydroxylation sites is 1. The summed E-state index contributed by atoms with van der Waals surface area (Å²) in [6.45, 7) is 3.80. The van der Waals surface area contributed by atoms with E-state index in [1.54, 1.807) is 6.20 Å². The summed E-state index contributed by atoms with van der Waals surface area (Å²) in [6, 6.07) is 11.8. The zero-order chi connectivity index (χ0) is 16.7. The molecule has 1 N–H and O–H groups in total. The first-order valence-corrected chi connectivity index (χ1v) is 8.34.